The van der Waals surface area contributed by atoms with Gasteiger partial charge in [0.05, 0.1) is 13.2 Å². The van der Waals surface area contributed by atoms with Crippen LogP contribution in [0.25, 0.3) is 0 Å². The van der Waals surface area contributed by atoms with Gasteiger partial charge in [0, 0.05) is 10.0 Å². The summed E-state index contributed by atoms with van der Waals surface area (Å²) < 4.78 is 30.1. The van der Waals surface area contributed by atoms with Crippen molar-refractivity contribution in [2.45, 2.75) is 12.5 Å². The average molecular weight is 282 g/mol. The molecule has 0 aliphatic rings. The Labute approximate surface area is 94.0 Å². The van der Waals surface area contributed by atoms with Gasteiger partial charge in [0.25, 0.3) is 6.43 Å². The van der Waals surface area contributed by atoms with Gasteiger partial charge >= 0.3 is 0 Å². The van der Waals surface area contributed by atoms with Gasteiger partial charge in [-0.3, -0.25) is 0 Å². The lowest BCUT2D eigenvalue weighted by atomic mass is 10.1. The van der Waals surface area contributed by atoms with Crippen LogP contribution >= 0.6 is 15.9 Å². The predicted molar refractivity (Wildman–Crippen MR) is 55.3 cm³/mol. The molecule has 1 rings (SSSR count). The van der Waals surface area contributed by atoms with E-state index in [0.717, 1.165) is 0 Å². The fourth-order valence-corrected chi connectivity index (χ4v) is 1.59. The Hall–Kier alpha value is -0.880. The van der Waals surface area contributed by atoms with Crippen LogP contribution in [0.3, 0.4) is 0 Å². The minimum Gasteiger partial charge on any atom is -0.504 e. The van der Waals surface area contributed by atoms with Gasteiger partial charge in [-0.1, -0.05) is 15.9 Å². The summed E-state index contributed by atoms with van der Waals surface area (Å²) in [6.07, 6.45) is -2.74. The monoisotopic (exact) mass is 281 g/mol. The van der Waals surface area contributed by atoms with Gasteiger partial charge in [0.15, 0.2) is 11.5 Å². The number of ether oxygens (including phenoxy) is 1. The number of hydrogen-bond acceptors (Lipinski definition) is 3. The second-order valence-electron chi connectivity index (χ2n) is 2.91. The second-order valence-corrected chi connectivity index (χ2v) is 3.82. The number of benzene rings is 1. The summed E-state index contributed by atoms with van der Waals surface area (Å²) >= 11 is 3.11. The lowest BCUT2D eigenvalue weighted by Gasteiger charge is -2.15. The summed E-state index contributed by atoms with van der Waals surface area (Å²) in [4.78, 5) is 0. The summed E-state index contributed by atoms with van der Waals surface area (Å²) in [5.74, 6) is -0.246. The number of halogens is 3. The Morgan fingerprint density at radius 1 is 1.47 bits per heavy atom. The Kier molecular flexibility index (Phi) is 3.87. The molecule has 0 heterocycles. The zero-order valence-electron chi connectivity index (χ0n) is 7.88. The smallest absolute Gasteiger partial charge is 0.257 e. The number of phenolic OH excluding ortho intramolecular Hbond substituents is 1. The summed E-state index contributed by atoms with van der Waals surface area (Å²) in [6.45, 7) is 0. The summed E-state index contributed by atoms with van der Waals surface area (Å²) in [7, 11) is 1.33. The largest absolute Gasteiger partial charge is 0.504 e. The normalized spacial score (nSPS) is 12.9. The number of phenols is 1. The van der Waals surface area contributed by atoms with E-state index < -0.39 is 12.5 Å². The quantitative estimate of drug-likeness (QED) is 0.895. The molecular formula is C9H10BrF2NO2. The average Bonchev–Trinajstić information content (AvgIpc) is 2.19. The molecule has 84 valence electrons. The first-order valence-corrected chi connectivity index (χ1v) is 4.86. The highest BCUT2D eigenvalue weighted by Crippen LogP contribution is 2.37. The molecule has 0 bridgehead atoms. The topological polar surface area (TPSA) is 55.5 Å². The van der Waals surface area contributed by atoms with Crippen LogP contribution in [0.15, 0.2) is 16.6 Å². The summed E-state index contributed by atoms with van der Waals surface area (Å²) in [6, 6.07) is 1.28. The van der Waals surface area contributed by atoms with Gasteiger partial charge in [-0.2, -0.15) is 0 Å². The minimum atomic E-state index is -2.74. The maximum absolute atomic E-state index is 12.4. The fourth-order valence-electron chi connectivity index (χ4n) is 1.14. The van der Waals surface area contributed by atoms with Crippen LogP contribution in [0.2, 0.25) is 0 Å². The molecule has 1 aromatic rings. The lowest BCUT2D eigenvalue weighted by molar-refractivity contribution is 0.115. The van der Waals surface area contributed by atoms with Crippen LogP contribution in [0.5, 0.6) is 11.5 Å². The fraction of sp³-hybridized carbons (Fsp3) is 0.333. The highest BCUT2D eigenvalue weighted by atomic mass is 79.9. The third-order valence-electron chi connectivity index (χ3n) is 1.92. The van der Waals surface area contributed by atoms with Gasteiger partial charge in [-0.15, -0.1) is 0 Å². The Morgan fingerprint density at radius 2 is 2.07 bits per heavy atom. The van der Waals surface area contributed by atoms with Crippen molar-refractivity contribution >= 4 is 15.9 Å². The van der Waals surface area contributed by atoms with E-state index in [9.17, 15) is 13.9 Å². The number of aromatic hydroxyl groups is 1. The van der Waals surface area contributed by atoms with Crippen LogP contribution in [-0.4, -0.2) is 18.6 Å². The molecule has 0 aliphatic heterocycles. The van der Waals surface area contributed by atoms with Gasteiger partial charge < -0.3 is 15.6 Å². The van der Waals surface area contributed by atoms with Gasteiger partial charge in [0.1, 0.15) is 0 Å². The SMILES string of the molecule is COc1cc(Br)cc([C@@H](N)C(F)F)c1O. The van der Waals surface area contributed by atoms with E-state index >= 15 is 0 Å². The molecule has 1 aromatic carbocycles. The van der Waals surface area contributed by atoms with Crippen LogP contribution in [-0.2, 0) is 0 Å². The molecule has 0 amide bonds. The van der Waals surface area contributed by atoms with Crippen LogP contribution in [0.1, 0.15) is 11.6 Å². The lowest BCUT2D eigenvalue weighted by Crippen LogP contribution is -2.19. The van der Waals surface area contributed by atoms with Gasteiger partial charge in [-0.05, 0) is 12.1 Å². The van der Waals surface area contributed by atoms with E-state index in [2.05, 4.69) is 15.9 Å². The molecule has 0 spiro atoms. The molecule has 0 radical (unpaired) electrons. The van der Waals surface area contributed by atoms with Crippen LogP contribution in [0.4, 0.5) is 8.78 Å². The van der Waals surface area contributed by atoms with Crippen LogP contribution in [0, 0.1) is 0 Å². The molecule has 0 saturated heterocycles. The van der Waals surface area contributed by atoms with Crippen molar-refractivity contribution in [2.75, 3.05) is 7.11 Å². The molecular weight excluding hydrogens is 272 g/mol. The number of methoxy groups -OCH3 is 1. The van der Waals surface area contributed by atoms with Crippen molar-refractivity contribution < 1.29 is 18.6 Å². The molecule has 0 aromatic heterocycles. The zero-order valence-corrected chi connectivity index (χ0v) is 9.46. The van der Waals surface area contributed by atoms with E-state index in [1.165, 1.54) is 19.2 Å². The highest BCUT2D eigenvalue weighted by molar-refractivity contribution is 9.10. The van der Waals surface area contributed by atoms with Crippen molar-refractivity contribution in [3.05, 3.63) is 22.2 Å². The number of rotatable bonds is 3. The zero-order chi connectivity index (χ0) is 11.6. The van der Waals surface area contributed by atoms with Crippen molar-refractivity contribution in [1.82, 2.24) is 0 Å². The van der Waals surface area contributed by atoms with E-state index in [-0.39, 0.29) is 17.1 Å². The minimum absolute atomic E-state index is 0.0452. The first-order chi connectivity index (χ1) is 6.97. The first-order valence-electron chi connectivity index (χ1n) is 4.07. The number of nitrogens with two attached hydrogens (primary N) is 1. The standard InChI is InChI=1S/C9H10BrF2NO2/c1-15-6-3-4(10)2-5(8(6)14)7(13)9(11)12/h2-3,7,9,14H,13H2,1H3/t7-/m1/s1. The maximum Gasteiger partial charge on any atom is 0.257 e. The van der Waals surface area contributed by atoms with E-state index in [0.29, 0.717) is 4.47 Å². The maximum atomic E-state index is 12.4. The molecule has 3 nitrogen and oxygen atoms in total. The Bertz CT molecular complexity index is 360. The number of alkyl halides is 2. The molecule has 0 fully saturated rings. The van der Waals surface area contributed by atoms with Crippen molar-refractivity contribution in [1.29, 1.82) is 0 Å². The molecule has 0 saturated carbocycles. The molecule has 6 heteroatoms. The van der Waals surface area contributed by atoms with E-state index in [4.69, 9.17) is 10.5 Å². The molecule has 0 aliphatic carbocycles. The van der Waals surface area contributed by atoms with Crippen molar-refractivity contribution in [3.8, 4) is 11.5 Å². The summed E-state index contributed by atoms with van der Waals surface area (Å²) in [5.41, 5.74) is 5.20. The van der Waals surface area contributed by atoms with Crippen molar-refractivity contribution in [2.24, 2.45) is 5.73 Å². The third-order valence-corrected chi connectivity index (χ3v) is 2.38. The molecule has 15 heavy (non-hydrogen) atoms. The van der Waals surface area contributed by atoms with Gasteiger partial charge in [0.2, 0.25) is 0 Å². The first kappa shape index (κ1) is 12.2. The number of hydrogen-bond donors (Lipinski definition) is 2. The third kappa shape index (κ3) is 2.57. The van der Waals surface area contributed by atoms with Gasteiger partial charge in [-0.25, -0.2) is 8.78 Å². The van der Waals surface area contributed by atoms with Crippen molar-refractivity contribution in [3.63, 3.8) is 0 Å². The van der Waals surface area contributed by atoms with E-state index in [1.807, 2.05) is 0 Å². The molecule has 1 atom stereocenters. The predicted octanol–water partition coefficient (Wildman–Crippen LogP) is 2.43. The van der Waals surface area contributed by atoms with E-state index in [1.54, 1.807) is 0 Å². The Morgan fingerprint density at radius 3 is 2.53 bits per heavy atom. The Balaban J connectivity index is 3.22. The van der Waals surface area contributed by atoms with Crippen LogP contribution < -0.4 is 10.5 Å². The molecule has 3 N–H and O–H groups in total. The summed E-state index contributed by atoms with van der Waals surface area (Å²) in [5, 5.41) is 9.57. The highest BCUT2D eigenvalue weighted by Gasteiger charge is 2.23. The second kappa shape index (κ2) is 4.76. The molecule has 0 unspecified atom stereocenters.